The second kappa shape index (κ2) is 6.41. The van der Waals surface area contributed by atoms with E-state index in [1.807, 2.05) is 31.2 Å². The van der Waals surface area contributed by atoms with Gasteiger partial charge >= 0.3 is 5.97 Å². The Bertz CT molecular complexity index is 668. The molecule has 0 aliphatic heterocycles. The summed E-state index contributed by atoms with van der Waals surface area (Å²) >= 11 is 1.17. The van der Waals surface area contributed by atoms with Gasteiger partial charge in [0.15, 0.2) is 0 Å². The highest BCUT2D eigenvalue weighted by Crippen LogP contribution is 2.34. The van der Waals surface area contributed by atoms with Crippen LogP contribution >= 0.6 is 11.8 Å². The minimum Gasteiger partial charge on any atom is -0.478 e. The molecule has 0 bridgehead atoms. The molecule has 1 N–H and O–H groups in total. The Morgan fingerprint density at radius 1 is 1.29 bits per heavy atom. The topological polar surface area (TPSA) is 80.4 Å². The number of carbonyl (C=O) groups is 1. The summed E-state index contributed by atoms with van der Waals surface area (Å²) in [4.78, 5) is 21.9. The van der Waals surface area contributed by atoms with Crippen molar-refractivity contribution < 1.29 is 14.8 Å². The first-order valence-electron chi connectivity index (χ1n) is 6.18. The Balaban J connectivity index is 2.33. The molecule has 6 heteroatoms. The van der Waals surface area contributed by atoms with E-state index in [1.165, 1.54) is 30.0 Å². The van der Waals surface area contributed by atoms with E-state index in [0.29, 0.717) is 5.75 Å². The molecule has 0 saturated carbocycles. The van der Waals surface area contributed by atoms with Crippen LogP contribution in [0.25, 0.3) is 0 Å². The van der Waals surface area contributed by atoms with Gasteiger partial charge in [0.05, 0.1) is 10.5 Å². The van der Waals surface area contributed by atoms with Crippen molar-refractivity contribution in [1.29, 1.82) is 0 Å². The van der Waals surface area contributed by atoms with Gasteiger partial charge in [-0.1, -0.05) is 35.9 Å². The van der Waals surface area contributed by atoms with Crippen LogP contribution in [-0.2, 0) is 5.75 Å². The molecule has 108 valence electrons. The molecule has 0 unspecified atom stereocenters. The molecule has 0 atom stereocenters. The zero-order chi connectivity index (χ0) is 15.4. The third-order valence-electron chi connectivity index (χ3n) is 2.89. The van der Waals surface area contributed by atoms with Crippen LogP contribution in [0.4, 0.5) is 5.69 Å². The summed E-state index contributed by atoms with van der Waals surface area (Å²) in [7, 11) is 0. The van der Waals surface area contributed by atoms with Crippen molar-refractivity contribution in [1.82, 2.24) is 0 Å². The number of aromatic carboxylic acids is 1. The van der Waals surface area contributed by atoms with Gasteiger partial charge in [0.25, 0.3) is 5.69 Å². The second-order valence-corrected chi connectivity index (χ2v) is 5.48. The van der Waals surface area contributed by atoms with Crippen LogP contribution in [0, 0.1) is 17.0 Å². The van der Waals surface area contributed by atoms with Crippen LogP contribution in [0.15, 0.2) is 47.4 Å². The van der Waals surface area contributed by atoms with Gasteiger partial charge in [-0.3, -0.25) is 10.1 Å². The average Bonchev–Trinajstić information content (AvgIpc) is 2.44. The fraction of sp³-hybridized carbons (Fsp3) is 0.133. The van der Waals surface area contributed by atoms with Gasteiger partial charge in [0, 0.05) is 11.8 Å². The quantitative estimate of drug-likeness (QED) is 0.515. The number of thioether (sulfide) groups is 1. The van der Waals surface area contributed by atoms with E-state index in [4.69, 9.17) is 0 Å². The van der Waals surface area contributed by atoms with Crippen LogP contribution < -0.4 is 0 Å². The number of aryl methyl sites for hydroxylation is 1. The predicted octanol–water partition coefficient (Wildman–Crippen LogP) is 3.89. The van der Waals surface area contributed by atoms with Crippen molar-refractivity contribution >= 4 is 23.4 Å². The second-order valence-electron chi connectivity index (χ2n) is 4.49. The van der Waals surface area contributed by atoms with Crippen molar-refractivity contribution in [3.8, 4) is 0 Å². The molecule has 0 spiro atoms. The Hall–Kier alpha value is -2.34. The Morgan fingerprint density at radius 3 is 2.62 bits per heavy atom. The zero-order valence-corrected chi connectivity index (χ0v) is 12.1. The number of nitro benzene ring substituents is 1. The lowest BCUT2D eigenvalue weighted by Gasteiger charge is -2.07. The summed E-state index contributed by atoms with van der Waals surface area (Å²) < 4.78 is 0. The number of hydrogen-bond acceptors (Lipinski definition) is 4. The number of carboxylic acid groups (broad SMARTS) is 1. The maximum atomic E-state index is 11.2. The third kappa shape index (κ3) is 3.61. The van der Waals surface area contributed by atoms with Crippen molar-refractivity contribution in [3.63, 3.8) is 0 Å². The van der Waals surface area contributed by atoms with Crippen LogP contribution in [0.2, 0.25) is 0 Å². The maximum Gasteiger partial charge on any atom is 0.337 e. The Morgan fingerprint density at radius 2 is 2.00 bits per heavy atom. The summed E-state index contributed by atoms with van der Waals surface area (Å²) in [6.07, 6.45) is 0. The molecular formula is C15H13NO4S. The summed E-state index contributed by atoms with van der Waals surface area (Å²) in [5.74, 6) is -0.683. The van der Waals surface area contributed by atoms with Gasteiger partial charge in [-0.2, -0.15) is 0 Å². The lowest BCUT2D eigenvalue weighted by atomic mass is 10.2. The number of benzene rings is 2. The molecule has 2 rings (SSSR count). The largest absolute Gasteiger partial charge is 0.478 e. The summed E-state index contributed by atoms with van der Waals surface area (Å²) in [6, 6.07) is 11.8. The van der Waals surface area contributed by atoms with Gasteiger partial charge in [-0.15, -0.1) is 11.8 Å². The van der Waals surface area contributed by atoms with E-state index in [1.54, 1.807) is 0 Å². The number of hydrogen-bond donors (Lipinski definition) is 1. The van der Waals surface area contributed by atoms with Crippen LogP contribution in [0.3, 0.4) is 0 Å². The normalized spacial score (nSPS) is 10.3. The molecule has 0 fully saturated rings. The SMILES string of the molecule is Cc1cccc(CSc2c(C(=O)O)cccc2[N+](=O)[O-])c1. The molecule has 0 saturated heterocycles. The molecule has 21 heavy (non-hydrogen) atoms. The fourth-order valence-electron chi connectivity index (χ4n) is 1.95. The number of nitrogens with zero attached hydrogens (tertiary/aromatic N) is 1. The van der Waals surface area contributed by atoms with E-state index in [-0.39, 0.29) is 16.1 Å². The highest BCUT2D eigenvalue weighted by Gasteiger charge is 2.21. The first-order chi connectivity index (χ1) is 9.99. The van der Waals surface area contributed by atoms with E-state index in [9.17, 15) is 20.0 Å². The van der Waals surface area contributed by atoms with Gasteiger partial charge in [-0.25, -0.2) is 4.79 Å². The van der Waals surface area contributed by atoms with Gasteiger partial charge < -0.3 is 5.11 Å². The molecular weight excluding hydrogens is 290 g/mol. The van der Waals surface area contributed by atoms with Crippen LogP contribution in [-0.4, -0.2) is 16.0 Å². The van der Waals surface area contributed by atoms with Crippen molar-refractivity contribution in [2.24, 2.45) is 0 Å². The molecule has 0 aromatic heterocycles. The fourth-order valence-corrected chi connectivity index (χ4v) is 3.04. The molecule has 0 heterocycles. The van der Waals surface area contributed by atoms with E-state index in [0.717, 1.165) is 11.1 Å². The predicted molar refractivity (Wildman–Crippen MR) is 80.8 cm³/mol. The van der Waals surface area contributed by atoms with Crippen molar-refractivity contribution in [3.05, 3.63) is 69.3 Å². The van der Waals surface area contributed by atoms with Crippen LogP contribution in [0.1, 0.15) is 21.5 Å². The Kier molecular flexibility index (Phi) is 4.59. The number of nitro groups is 1. The van der Waals surface area contributed by atoms with Crippen LogP contribution in [0.5, 0.6) is 0 Å². The van der Waals surface area contributed by atoms with Gasteiger partial charge in [-0.05, 0) is 18.6 Å². The molecule has 5 nitrogen and oxygen atoms in total. The Labute approximate surface area is 125 Å². The smallest absolute Gasteiger partial charge is 0.337 e. The highest BCUT2D eigenvalue weighted by molar-refractivity contribution is 7.98. The minimum absolute atomic E-state index is 0.0400. The molecule has 0 amide bonds. The van der Waals surface area contributed by atoms with Crippen molar-refractivity contribution in [2.75, 3.05) is 0 Å². The van der Waals surface area contributed by atoms with E-state index in [2.05, 4.69) is 0 Å². The standard InChI is InChI=1S/C15H13NO4S/c1-10-4-2-5-11(8-10)9-21-14-12(15(17)18)6-3-7-13(14)16(19)20/h2-8H,9H2,1H3,(H,17,18). The molecule has 0 radical (unpaired) electrons. The first-order valence-corrected chi connectivity index (χ1v) is 7.16. The van der Waals surface area contributed by atoms with Gasteiger partial charge in [0.2, 0.25) is 0 Å². The van der Waals surface area contributed by atoms with Gasteiger partial charge in [0.1, 0.15) is 4.90 Å². The first kappa shape index (κ1) is 15.1. The molecule has 2 aromatic carbocycles. The molecule has 2 aromatic rings. The maximum absolute atomic E-state index is 11.2. The van der Waals surface area contributed by atoms with E-state index >= 15 is 0 Å². The number of rotatable bonds is 5. The molecule has 0 aliphatic carbocycles. The highest BCUT2D eigenvalue weighted by atomic mass is 32.2. The number of carboxylic acids is 1. The lowest BCUT2D eigenvalue weighted by Crippen LogP contribution is -2.02. The molecule has 0 aliphatic rings. The third-order valence-corrected chi connectivity index (χ3v) is 4.08. The van der Waals surface area contributed by atoms with E-state index < -0.39 is 10.9 Å². The summed E-state index contributed by atoms with van der Waals surface area (Å²) in [5, 5.41) is 20.2. The summed E-state index contributed by atoms with van der Waals surface area (Å²) in [6.45, 7) is 1.96. The zero-order valence-electron chi connectivity index (χ0n) is 11.3. The average molecular weight is 303 g/mol. The summed E-state index contributed by atoms with van der Waals surface area (Å²) in [5.41, 5.74) is 1.87. The minimum atomic E-state index is -1.16. The lowest BCUT2D eigenvalue weighted by molar-refractivity contribution is -0.387. The monoisotopic (exact) mass is 303 g/mol. The van der Waals surface area contributed by atoms with Crippen molar-refractivity contribution in [2.45, 2.75) is 17.6 Å².